The first kappa shape index (κ1) is 16.1. The highest BCUT2D eigenvalue weighted by atomic mass is 16.5. The summed E-state index contributed by atoms with van der Waals surface area (Å²) in [7, 11) is 1.81. The van der Waals surface area contributed by atoms with Crippen molar-refractivity contribution in [3.05, 3.63) is 35.9 Å². The van der Waals surface area contributed by atoms with Crippen LogP contribution in [0.1, 0.15) is 37.7 Å². The van der Waals surface area contributed by atoms with Gasteiger partial charge in [-0.15, -0.1) is 0 Å². The number of carbonyl (C=O) groups is 1. The zero-order valence-corrected chi connectivity index (χ0v) is 14.4. The predicted molar refractivity (Wildman–Crippen MR) is 91.6 cm³/mol. The van der Waals surface area contributed by atoms with Gasteiger partial charge in [-0.05, 0) is 43.1 Å². The number of likely N-dealkylation sites (tertiary alicyclic amines) is 1. The Morgan fingerprint density at radius 1 is 1.21 bits per heavy atom. The number of ether oxygens (including phenoxy) is 1. The third-order valence-electron chi connectivity index (χ3n) is 6.72. The molecule has 4 nitrogen and oxygen atoms in total. The number of carbonyl (C=O) groups excluding carboxylic acids is 1. The molecule has 0 radical (unpaired) electrons. The lowest BCUT2D eigenvalue weighted by molar-refractivity contribution is -0.144. The Balaban J connectivity index is 1.65. The molecule has 2 bridgehead atoms. The summed E-state index contributed by atoms with van der Waals surface area (Å²) in [5.41, 5.74) is 1.27. The molecule has 1 aromatic rings. The van der Waals surface area contributed by atoms with Crippen LogP contribution in [-0.4, -0.2) is 48.3 Å². The lowest BCUT2D eigenvalue weighted by Crippen LogP contribution is -2.56. The van der Waals surface area contributed by atoms with Crippen LogP contribution in [0.4, 0.5) is 0 Å². The van der Waals surface area contributed by atoms with Gasteiger partial charge in [-0.25, -0.2) is 0 Å². The summed E-state index contributed by atoms with van der Waals surface area (Å²) in [5, 5.41) is 9.53. The van der Waals surface area contributed by atoms with Crippen LogP contribution in [0.15, 0.2) is 30.3 Å². The van der Waals surface area contributed by atoms with E-state index < -0.39 is 0 Å². The van der Waals surface area contributed by atoms with Crippen molar-refractivity contribution >= 4 is 5.91 Å². The smallest absolute Gasteiger partial charge is 0.223 e. The molecule has 3 aliphatic rings. The van der Waals surface area contributed by atoms with E-state index in [1.165, 1.54) is 18.4 Å². The Hall–Kier alpha value is -1.39. The van der Waals surface area contributed by atoms with E-state index in [0.29, 0.717) is 37.5 Å². The molecule has 1 aromatic carbocycles. The summed E-state index contributed by atoms with van der Waals surface area (Å²) >= 11 is 0. The van der Waals surface area contributed by atoms with Crippen molar-refractivity contribution in [3.8, 4) is 0 Å². The van der Waals surface area contributed by atoms with Crippen molar-refractivity contribution in [2.45, 2.75) is 49.7 Å². The third kappa shape index (κ3) is 2.47. The van der Waals surface area contributed by atoms with Gasteiger partial charge in [0, 0.05) is 32.0 Å². The van der Waals surface area contributed by atoms with Crippen LogP contribution in [-0.2, 0) is 14.9 Å². The number of aliphatic hydroxyl groups excluding tert-OH is 1. The molecule has 3 fully saturated rings. The SMILES string of the molecule is COC1C[C@H]2CC[C@@H](C1)C2(CC(=O)N1CC(O)C1)c1ccccc1. The first-order chi connectivity index (χ1) is 11.6. The number of hydrogen-bond donors (Lipinski definition) is 1. The Bertz CT molecular complexity index is 582. The molecule has 4 rings (SSSR count). The molecule has 0 aromatic heterocycles. The van der Waals surface area contributed by atoms with Crippen molar-refractivity contribution in [1.29, 1.82) is 0 Å². The quantitative estimate of drug-likeness (QED) is 0.922. The molecule has 1 saturated heterocycles. The fraction of sp³-hybridized carbons (Fsp3) is 0.650. The van der Waals surface area contributed by atoms with Crippen molar-refractivity contribution in [3.63, 3.8) is 0 Å². The molecule has 4 heteroatoms. The van der Waals surface area contributed by atoms with E-state index in [4.69, 9.17) is 4.74 Å². The van der Waals surface area contributed by atoms with Crippen molar-refractivity contribution in [2.75, 3.05) is 20.2 Å². The summed E-state index contributed by atoms with van der Waals surface area (Å²) in [5.74, 6) is 1.23. The summed E-state index contributed by atoms with van der Waals surface area (Å²) in [6, 6.07) is 10.6. The Morgan fingerprint density at radius 3 is 2.38 bits per heavy atom. The molecule has 4 atom stereocenters. The maximum atomic E-state index is 12.9. The van der Waals surface area contributed by atoms with Gasteiger partial charge in [-0.1, -0.05) is 30.3 Å². The van der Waals surface area contributed by atoms with E-state index in [2.05, 4.69) is 24.3 Å². The summed E-state index contributed by atoms with van der Waals surface area (Å²) < 4.78 is 5.67. The molecular weight excluding hydrogens is 302 g/mol. The van der Waals surface area contributed by atoms with Gasteiger partial charge in [0.05, 0.1) is 12.2 Å². The molecule has 130 valence electrons. The highest BCUT2D eigenvalue weighted by molar-refractivity contribution is 5.79. The van der Waals surface area contributed by atoms with Gasteiger partial charge < -0.3 is 14.7 Å². The Kier molecular flexibility index (Phi) is 4.13. The first-order valence-corrected chi connectivity index (χ1v) is 9.17. The number of amides is 1. The van der Waals surface area contributed by atoms with Crippen molar-refractivity contribution in [1.82, 2.24) is 4.90 Å². The maximum Gasteiger partial charge on any atom is 0.223 e. The van der Waals surface area contributed by atoms with E-state index in [-0.39, 0.29) is 17.4 Å². The average molecular weight is 329 g/mol. The largest absolute Gasteiger partial charge is 0.389 e. The molecule has 0 spiro atoms. The lowest BCUT2D eigenvalue weighted by atomic mass is 9.59. The van der Waals surface area contributed by atoms with Crippen LogP contribution < -0.4 is 0 Å². The second-order valence-corrected chi connectivity index (χ2v) is 7.84. The van der Waals surface area contributed by atoms with Gasteiger partial charge in [0.1, 0.15) is 0 Å². The van der Waals surface area contributed by atoms with Gasteiger partial charge in [0.25, 0.3) is 0 Å². The van der Waals surface area contributed by atoms with Crippen LogP contribution in [0.5, 0.6) is 0 Å². The van der Waals surface area contributed by atoms with E-state index in [0.717, 1.165) is 12.8 Å². The minimum Gasteiger partial charge on any atom is -0.389 e. The van der Waals surface area contributed by atoms with Crippen LogP contribution in [0.3, 0.4) is 0 Å². The number of rotatable bonds is 4. The number of nitrogens with zero attached hydrogens (tertiary/aromatic N) is 1. The molecule has 2 aliphatic carbocycles. The Morgan fingerprint density at radius 2 is 1.83 bits per heavy atom. The van der Waals surface area contributed by atoms with Gasteiger partial charge in [-0.2, -0.15) is 0 Å². The second kappa shape index (κ2) is 6.16. The average Bonchev–Trinajstić information content (AvgIpc) is 2.77. The Labute approximate surface area is 143 Å². The number of benzene rings is 1. The first-order valence-electron chi connectivity index (χ1n) is 9.17. The normalized spacial score (nSPS) is 35.8. The third-order valence-corrected chi connectivity index (χ3v) is 6.72. The monoisotopic (exact) mass is 329 g/mol. The maximum absolute atomic E-state index is 12.9. The highest BCUT2D eigenvalue weighted by Gasteiger charge is 2.56. The van der Waals surface area contributed by atoms with Crippen LogP contribution in [0, 0.1) is 11.8 Å². The number of β-amino-alcohol motifs (C(OH)–C–C–N with tert-alkyl or cyclic N) is 1. The van der Waals surface area contributed by atoms with Gasteiger partial charge in [0.15, 0.2) is 0 Å². The highest BCUT2D eigenvalue weighted by Crippen LogP contribution is 2.59. The van der Waals surface area contributed by atoms with Crippen LogP contribution in [0.2, 0.25) is 0 Å². The number of fused-ring (bicyclic) bond motifs is 2. The predicted octanol–water partition coefficient (Wildman–Crippen LogP) is 2.35. The van der Waals surface area contributed by atoms with E-state index in [1.54, 1.807) is 0 Å². The fourth-order valence-corrected chi connectivity index (χ4v) is 5.46. The summed E-state index contributed by atoms with van der Waals surface area (Å²) in [6.07, 6.45) is 5.07. The fourth-order valence-electron chi connectivity index (χ4n) is 5.46. The van der Waals surface area contributed by atoms with Gasteiger partial charge in [0.2, 0.25) is 5.91 Å². The molecule has 1 amide bonds. The van der Waals surface area contributed by atoms with Gasteiger partial charge in [-0.3, -0.25) is 4.79 Å². The minimum absolute atomic E-state index is 0.0477. The van der Waals surface area contributed by atoms with Crippen LogP contribution >= 0.6 is 0 Å². The summed E-state index contributed by atoms with van der Waals surface area (Å²) in [4.78, 5) is 14.7. The molecule has 2 unspecified atom stereocenters. The molecule has 1 aliphatic heterocycles. The number of aliphatic hydroxyl groups is 1. The lowest BCUT2D eigenvalue weighted by Gasteiger charge is -2.48. The zero-order chi connectivity index (χ0) is 16.7. The van der Waals surface area contributed by atoms with Crippen LogP contribution in [0.25, 0.3) is 0 Å². The zero-order valence-electron chi connectivity index (χ0n) is 14.4. The molecular formula is C20H27NO3. The molecule has 1 N–H and O–H groups in total. The second-order valence-electron chi connectivity index (χ2n) is 7.84. The van der Waals surface area contributed by atoms with E-state index in [9.17, 15) is 9.90 Å². The van der Waals surface area contributed by atoms with E-state index in [1.807, 2.05) is 18.1 Å². The number of hydrogen-bond acceptors (Lipinski definition) is 3. The molecule has 2 saturated carbocycles. The number of methoxy groups -OCH3 is 1. The standard InChI is InChI=1S/C20H27NO3/c1-24-18-9-15-7-8-16(10-18)20(15,14-5-3-2-4-6-14)11-19(23)21-12-17(22)13-21/h2-6,15-18,22H,7-13H2,1H3/t15-,16+,18?,20?. The minimum atomic E-state index is -0.331. The molecule has 1 heterocycles. The van der Waals surface area contributed by atoms with Crippen molar-refractivity contribution in [2.24, 2.45) is 11.8 Å². The topological polar surface area (TPSA) is 49.8 Å². The van der Waals surface area contributed by atoms with Crippen molar-refractivity contribution < 1.29 is 14.6 Å². The van der Waals surface area contributed by atoms with Gasteiger partial charge >= 0.3 is 0 Å². The van der Waals surface area contributed by atoms with E-state index >= 15 is 0 Å². The summed E-state index contributed by atoms with van der Waals surface area (Å²) in [6.45, 7) is 0.999. The molecule has 24 heavy (non-hydrogen) atoms.